The van der Waals surface area contributed by atoms with Crippen molar-refractivity contribution in [1.29, 1.82) is 0 Å². The van der Waals surface area contributed by atoms with Gasteiger partial charge in [0.05, 0.1) is 5.69 Å². The molecule has 214 valence electrons. The van der Waals surface area contributed by atoms with Crippen LogP contribution in [0.15, 0.2) is 156 Å². The second-order valence-corrected chi connectivity index (χ2v) is 12.6. The van der Waals surface area contributed by atoms with E-state index in [-0.39, 0.29) is 5.41 Å². The van der Waals surface area contributed by atoms with Gasteiger partial charge in [-0.25, -0.2) is 0 Å². The molecule has 0 N–H and O–H groups in total. The molecule has 1 heterocycles. The maximum Gasteiger partial charge on any atom is 0.135 e. The lowest BCUT2D eigenvalue weighted by Gasteiger charge is -2.28. The number of hydrogen-bond donors (Lipinski definition) is 0. The minimum Gasteiger partial charge on any atom is -0.456 e. The number of rotatable bonds is 4. The summed E-state index contributed by atoms with van der Waals surface area (Å²) in [5.74, 6) is 0. The molecule has 2 heteroatoms. The highest BCUT2D eigenvalue weighted by atomic mass is 16.3. The number of hydrogen-bond acceptors (Lipinski definition) is 2. The van der Waals surface area contributed by atoms with Crippen molar-refractivity contribution in [2.75, 3.05) is 4.90 Å². The Kier molecular flexibility index (Phi) is 5.58. The lowest BCUT2D eigenvalue weighted by molar-refractivity contribution is 0.661. The number of anilines is 3. The van der Waals surface area contributed by atoms with Crippen LogP contribution >= 0.6 is 0 Å². The molecule has 8 aromatic rings. The van der Waals surface area contributed by atoms with Gasteiger partial charge >= 0.3 is 0 Å². The van der Waals surface area contributed by atoms with Gasteiger partial charge in [0.25, 0.3) is 0 Å². The molecule has 1 aliphatic carbocycles. The van der Waals surface area contributed by atoms with Gasteiger partial charge in [0.2, 0.25) is 0 Å². The van der Waals surface area contributed by atoms with E-state index in [1.165, 1.54) is 44.2 Å². The quantitative estimate of drug-likeness (QED) is 0.207. The fourth-order valence-electron chi connectivity index (χ4n) is 7.45. The molecule has 0 atom stereocenters. The first-order valence-corrected chi connectivity index (χ1v) is 15.6. The zero-order valence-corrected chi connectivity index (χ0v) is 25.3. The van der Waals surface area contributed by atoms with Gasteiger partial charge in [-0.05, 0) is 81.2 Å². The van der Waals surface area contributed by atoms with Gasteiger partial charge in [0.1, 0.15) is 11.2 Å². The van der Waals surface area contributed by atoms with Gasteiger partial charge in [-0.3, -0.25) is 0 Å². The van der Waals surface area contributed by atoms with Crippen LogP contribution in [0.25, 0.3) is 55.0 Å². The Morgan fingerprint density at radius 2 is 1.16 bits per heavy atom. The molecule has 9 rings (SSSR count). The number of benzene rings is 7. The summed E-state index contributed by atoms with van der Waals surface area (Å²) in [5.41, 5.74) is 13.0. The van der Waals surface area contributed by atoms with Crippen LogP contribution < -0.4 is 4.90 Å². The van der Waals surface area contributed by atoms with Gasteiger partial charge in [0.15, 0.2) is 0 Å². The standard InChI is InChI=1S/C43H31NO/c1-43(2)37-16-8-6-14-35(37)42-34-15-10-17-39(32(34)24-25-38(42)43)44(30-21-19-29(20-22-30)28-11-4-3-5-12-28)31-23-26-41-36(27-31)33-13-7-9-18-40(33)45-41/h3-27H,1-2H3. The van der Waals surface area contributed by atoms with Crippen molar-refractivity contribution < 1.29 is 4.42 Å². The van der Waals surface area contributed by atoms with E-state index in [4.69, 9.17) is 4.42 Å². The summed E-state index contributed by atoms with van der Waals surface area (Å²) in [7, 11) is 0. The minimum atomic E-state index is -0.0452. The van der Waals surface area contributed by atoms with E-state index in [0.29, 0.717) is 0 Å². The Balaban J connectivity index is 1.29. The molecule has 2 nitrogen and oxygen atoms in total. The maximum absolute atomic E-state index is 6.22. The first-order valence-electron chi connectivity index (χ1n) is 15.6. The average Bonchev–Trinajstić information content (AvgIpc) is 3.58. The van der Waals surface area contributed by atoms with Gasteiger partial charge < -0.3 is 9.32 Å². The molecular formula is C43H31NO. The Morgan fingerprint density at radius 3 is 2.02 bits per heavy atom. The van der Waals surface area contributed by atoms with Crippen LogP contribution in [0.2, 0.25) is 0 Å². The number of nitrogens with zero attached hydrogens (tertiary/aromatic N) is 1. The van der Waals surface area contributed by atoms with E-state index < -0.39 is 0 Å². The van der Waals surface area contributed by atoms with E-state index in [0.717, 1.165) is 39.0 Å². The normalized spacial score (nSPS) is 13.3. The zero-order chi connectivity index (χ0) is 30.1. The molecule has 0 aliphatic heterocycles. The lowest BCUT2D eigenvalue weighted by Crippen LogP contribution is -2.15. The van der Waals surface area contributed by atoms with Crippen molar-refractivity contribution in [2.45, 2.75) is 19.3 Å². The Bertz CT molecular complexity index is 2400. The van der Waals surface area contributed by atoms with Crippen LogP contribution in [-0.4, -0.2) is 0 Å². The lowest BCUT2D eigenvalue weighted by atomic mass is 9.82. The topological polar surface area (TPSA) is 16.4 Å². The van der Waals surface area contributed by atoms with E-state index >= 15 is 0 Å². The monoisotopic (exact) mass is 577 g/mol. The van der Waals surface area contributed by atoms with E-state index in [1.807, 2.05) is 12.1 Å². The molecule has 45 heavy (non-hydrogen) atoms. The molecule has 0 spiro atoms. The predicted molar refractivity (Wildman–Crippen MR) is 189 cm³/mol. The van der Waals surface area contributed by atoms with Crippen LogP contribution in [0.4, 0.5) is 17.1 Å². The number of para-hydroxylation sites is 1. The van der Waals surface area contributed by atoms with Crippen molar-refractivity contribution in [3.63, 3.8) is 0 Å². The van der Waals surface area contributed by atoms with Crippen LogP contribution in [0.1, 0.15) is 25.0 Å². The van der Waals surface area contributed by atoms with Crippen molar-refractivity contribution in [2.24, 2.45) is 0 Å². The SMILES string of the molecule is CC1(C)c2ccccc2-c2c1ccc1c(N(c3ccc(-c4ccccc4)cc3)c3ccc4oc5ccccc5c4c3)cccc21. The van der Waals surface area contributed by atoms with E-state index in [2.05, 4.69) is 158 Å². The number of furan rings is 1. The second kappa shape index (κ2) is 9.70. The van der Waals surface area contributed by atoms with Crippen LogP contribution in [0.3, 0.4) is 0 Å². The van der Waals surface area contributed by atoms with Crippen LogP contribution in [-0.2, 0) is 5.41 Å². The van der Waals surface area contributed by atoms with Crippen LogP contribution in [0.5, 0.6) is 0 Å². The molecule has 1 aromatic heterocycles. The molecule has 0 saturated carbocycles. The highest BCUT2D eigenvalue weighted by molar-refractivity contribution is 6.10. The third kappa shape index (κ3) is 3.89. The molecule has 0 fully saturated rings. The van der Waals surface area contributed by atoms with Gasteiger partial charge in [-0.1, -0.05) is 123 Å². The Morgan fingerprint density at radius 1 is 0.467 bits per heavy atom. The fourth-order valence-corrected chi connectivity index (χ4v) is 7.45. The van der Waals surface area contributed by atoms with E-state index in [9.17, 15) is 0 Å². The fraction of sp³-hybridized carbons (Fsp3) is 0.0698. The van der Waals surface area contributed by atoms with Crippen molar-refractivity contribution in [1.82, 2.24) is 0 Å². The molecule has 0 radical (unpaired) electrons. The van der Waals surface area contributed by atoms with Crippen LogP contribution in [0, 0.1) is 0 Å². The third-order valence-electron chi connectivity index (χ3n) is 9.67. The summed E-state index contributed by atoms with van der Waals surface area (Å²) in [6.07, 6.45) is 0. The maximum atomic E-state index is 6.22. The summed E-state index contributed by atoms with van der Waals surface area (Å²) in [5, 5.41) is 4.76. The summed E-state index contributed by atoms with van der Waals surface area (Å²) in [4.78, 5) is 2.40. The predicted octanol–water partition coefficient (Wildman–Crippen LogP) is 12.2. The summed E-state index contributed by atoms with van der Waals surface area (Å²) in [6.45, 7) is 4.69. The van der Waals surface area contributed by atoms with E-state index in [1.54, 1.807) is 0 Å². The van der Waals surface area contributed by atoms with Gasteiger partial charge in [-0.15, -0.1) is 0 Å². The first kappa shape index (κ1) is 25.9. The first-order chi connectivity index (χ1) is 22.1. The average molecular weight is 578 g/mol. The summed E-state index contributed by atoms with van der Waals surface area (Å²) < 4.78 is 6.22. The summed E-state index contributed by atoms with van der Waals surface area (Å²) >= 11 is 0. The van der Waals surface area contributed by atoms with Gasteiger partial charge in [-0.2, -0.15) is 0 Å². The zero-order valence-electron chi connectivity index (χ0n) is 25.3. The van der Waals surface area contributed by atoms with Gasteiger partial charge in [0, 0.05) is 32.9 Å². The third-order valence-corrected chi connectivity index (χ3v) is 9.67. The minimum absolute atomic E-state index is 0.0452. The van der Waals surface area contributed by atoms with Crippen molar-refractivity contribution in [3.05, 3.63) is 163 Å². The smallest absolute Gasteiger partial charge is 0.135 e. The molecular weight excluding hydrogens is 546 g/mol. The molecule has 0 amide bonds. The van der Waals surface area contributed by atoms with Crippen molar-refractivity contribution in [3.8, 4) is 22.3 Å². The number of fused-ring (bicyclic) bond motifs is 8. The molecule has 0 unspecified atom stereocenters. The largest absolute Gasteiger partial charge is 0.456 e. The molecule has 1 aliphatic rings. The molecule has 0 saturated heterocycles. The summed E-state index contributed by atoms with van der Waals surface area (Å²) in [6, 6.07) is 54.7. The second-order valence-electron chi connectivity index (χ2n) is 12.6. The molecule has 7 aromatic carbocycles. The Hall–Kier alpha value is -5.60. The Labute approximate surface area is 262 Å². The highest BCUT2D eigenvalue weighted by Gasteiger charge is 2.36. The van der Waals surface area contributed by atoms with Crippen molar-refractivity contribution >= 4 is 49.8 Å². The highest BCUT2D eigenvalue weighted by Crippen LogP contribution is 2.52. The molecule has 0 bridgehead atoms.